The lowest BCUT2D eigenvalue weighted by atomic mass is 10.0. The molecular weight excluding hydrogens is 388 g/mol. The van der Waals surface area contributed by atoms with Gasteiger partial charge >= 0.3 is 0 Å². The molecule has 0 aliphatic carbocycles. The van der Waals surface area contributed by atoms with Gasteiger partial charge in [0.1, 0.15) is 5.84 Å². The molecule has 30 heavy (non-hydrogen) atoms. The van der Waals surface area contributed by atoms with E-state index in [-0.39, 0.29) is 0 Å². The Bertz CT molecular complexity index is 1240. The monoisotopic (exact) mass is 408 g/mol. The summed E-state index contributed by atoms with van der Waals surface area (Å²) in [6, 6.07) is 25.3. The first-order valence-corrected chi connectivity index (χ1v) is 11.2. The van der Waals surface area contributed by atoms with Crippen molar-refractivity contribution >= 4 is 67.1 Å². The van der Waals surface area contributed by atoms with E-state index in [0.717, 1.165) is 52.3 Å². The normalized spacial score (nSPS) is 14.1. The summed E-state index contributed by atoms with van der Waals surface area (Å²) >= 11 is 1.77. The highest BCUT2D eigenvalue weighted by Crippen LogP contribution is 2.38. The molecule has 4 aromatic rings. The lowest BCUT2D eigenvalue weighted by Crippen LogP contribution is -2.16. The standard InChI is InChI=1S/C25H20N4S/c1-6-16-7-2-11-19-23(16)18(10-1)26-22(27-19)14-5-15-30-25-28-20-12-3-8-17-9-4-13-21(29-25)24(17)20/h1-4,6-13H,5,14-15H2,(H,26,27)(H,28,29). The third-order valence-corrected chi connectivity index (χ3v) is 6.52. The summed E-state index contributed by atoms with van der Waals surface area (Å²) < 4.78 is 0. The largest absolute Gasteiger partial charge is 0.343 e. The van der Waals surface area contributed by atoms with Crippen LogP contribution in [0.5, 0.6) is 0 Å². The molecule has 4 aromatic carbocycles. The van der Waals surface area contributed by atoms with Crippen LogP contribution in [0.4, 0.5) is 22.7 Å². The van der Waals surface area contributed by atoms with E-state index in [1.165, 1.54) is 21.5 Å². The summed E-state index contributed by atoms with van der Waals surface area (Å²) in [7, 11) is 0. The van der Waals surface area contributed by atoms with Crippen molar-refractivity contribution in [2.75, 3.05) is 16.4 Å². The number of thioether (sulfide) groups is 1. The van der Waals surface area contributed by atoms with Gasteiger partial charge in [-0.25, -0.2) is 9.98 Å². The molecular formula is C25H20N4S. The number of anilines is 2. The fourth-order valence-electron chi connectivity index (χ4n) is 4.21. The third-order valence-electron chi connectivity index (χ3n) is 5.56. The Labute approximate surface area is 179 Å². The zero-order valence-corrected chi connectivity index (χ0v) is 17.2. The van der Waals surface area contributed by atoms with Crippen LogP contribution in [0.15, 0.2) is 82.8 Å². The Morgan fingerprint density at radius 3 is 1.97 bits per heavy atom. The number of nitrogens with zero attached hydrogens (tertiary/aromatic N) is 2. The van der Waals surface area contributed by atoms with Crippen molar-refractivity contribution in [1.82, 2.24) is 0 Å². The maximum atomic E-state index is 4.85. The minimum absolute atomic E-state index is 0.914. The first-order chi connectivity index (χ1) is 14.8. The second kappa shape index (κ2) is 7.18. The van der Waals surface area contributed by atoms with Crippen molar-refractivity contribution in [3.05, 3.63) is 72.8 Å². The molecule has 2 heterocycles. The second-order valence-corrected chi connectivity index (χ2v) is 8.62. The van der Waals surface area contributed by atoms with Crippen LogP contribution in [0.2, 0.25) is 0 Å². The molecule has 0 unspecified atom stereocenters. The molecule has 0 amide bonds. The zero-order valence-electron chi connectivity index (χ0n) is 16.4. The summed E-state index contributed by atoms with van der Waals surface area (Å²) in [5.74, 6) is 2.02. The van der Waals surface area contributed by atoms with Gasteiger partial charge in [-0.1, -0.05) is 60.3 Å². The lowest BCUT2D eigenvalue weighted by Gasteiger charge is -2.20. The first-order valence-electron chi connectivity index (χ1n) is 10.2. The number of nitrogens with one attached hydrogen (secondary N) is 2. The van der Waals surface area contributed by atoms with Gasteiger partial charge in [0.2, 0.25) is 0 Å². The van der Waals surface area contributed by atoms with E-state index in [1.54, 1.807) is 11.8 Å². The molecule has 0 bridgehead atoms. The molecule has 0 aromatic heterocycles. The number of hydrogen-bond donors (Lipinski definition) is 2. The molecule has 5 heteroatoms. The first kappa shape index (κ1) is 17.5. The maximum Gasteiger partial charge on any atom is 0.166 e. The van der Waals surface area contributed by atoms with E-state index < -0.39 is 0 Å². The molecule has 2 aliphatic rings. The van der Waals surface area contributed by atoms with Crippen LogP contribution in [-0.4, -0.2) is 16.8 Å². The Morgan fingerprint density at radius 2 is 1.27 bits per heavy atom. The Morgan fingerprint density at radius 1 is 0.667 bits per heavy atom. The molecule has 0 spiro atoms. The summed E-state index contributed by atoms with van der Waals surface area (Å²) in [6.45, 7) is 0. The van der Waals surface area contributed by atoms with Crippen LogP contribution in [-0.2, 0) is 0 Å². The molecule has 6 rings (SSSR count). The second-order valence-electron chi connectivity index (χ2n) is 7.54. The van der Waals surface area contributed by atoms with Gasteiger partial charge < -0.3 is 10.6 Å². The SMILES string of the molecule is c1cc2c3c(cccc3c1)NC(CCCSC1=Nc3cccc4cccc(c34)N1)=N2. The van der Waals surface area contributed by atoms with Crippen molar-refractivity contribution in [3.63, 3.8) is 0 Å². The summed E-state index contributed by atoms with van der Waals surface area (Å²) in [5.41, 5.74) is 4.41. The Balaban J connectivity index is 1.13. The minimum Gasteiger partial charge on any atom is -0.343 e. The number of hydrogen-bond acceptors (Lipinski definition) is 5. The van der Waals surface area contributed by atoms with Crippen LogP contribution in [0.25, 0.3) is 21.5 Å². The number of aliphatic imine (C=N–C) groups is 2. The van der Waals surface area contributed by atoms with E-state index >= 15 is 0 Å². The van der Waals surface area contributed by atoms with E-state index in [9.17, 15) is 0 Å². The fourth-order valence-corrected chi connectivity index (χ4v) is 5.04. The van der Waals surface area contributed by atoms with Gasteiger partial charge in [0.15, 0.2) is 5.17 Å². The topological polar surface area (TPSA) is 48.8 Å². The lowest BCUT2D eigenvalue weighted by molar-refractivity contribution is 1.00. The summed E-state index contributed by atoms with van der Waals surface area (Å²) in [4.78, 5) is 9.68. The third kappa shape index (κ3) is 3.02. The predicted molar refractivity (Wildman–Crippen MR) is 131 cm³/mol. The van der Waals surface area contributed by atoms with Crippen LogP contribution < -0.4 is 10.6 Å². The van der Waals surface area contributed by atoms with Gasteiger partial charge in [-0.2, -0.15) is 0 Å². The molecule has 0 saturated carbocycles. The van der Waals surface area contributed by atoms with Gasteiger partial charge in [0.25, 0.3) is 0 Å². The van der Waals surface area contributed by atoms with Crippen LogP contribution in [0.3, 0.4) is 0 Å². The number of benzene rings is 4. The van der Waals surface area contributed by atoms with Crippen molar-refractivity contribution in [2.45, 2.75) is 12.8 Å². The zero-order chi connectivity index (χ0) is 19.9. The Hall–Kier alpha value is -3.31. The predicted octanol–water partition coefficient (Wildman–Crippen LogP) is 7.08. The molecule has 146 valence electrons. The van der Waals surface area contributed by atoms with Crippen LogP contribution in [0.1, 0.15) is 12.8 Å². The highest BCUT2D eigenvalue weighted by molar-refractivity contribution is 8.14. The van der Waals surface area contributed by atoms with Gasteiger partial charge in [-0.3, -0.25) is 0 Å². The van der Waals surface area contributed by atoms with E-state index in [2.05, 4.69) is 83.4 Å². The van der Waals surface area contributed by atoms with E-state index in [4.69, 9.17) is 9.98 Å². The minimum atomic E-state index is 0.914. The smallest absolute Gasteiger partial charge is 0.166 e. The van der Waals surface area contributed by atoms with Gasteiger partial charge in [0.05, 0.1) is 17.1 Å². The quantitative estimate of drug-likeness (QED) is 0.355. The average Bonchev–Trinajstić information content (AvgIpc) is 2.78. The average molecular weight is 409 g/mol. The summed E-state index contributed by atoms with van der Waals surface area (Å²) in [6.07, 6.45) is 1.94. The highest BCUT2D eigenvalue weighted by Gasteiger charge is 2.16. The van der Waals surface area contributed by atoms with Crippen LogP contribution in [0, 0.1) is 0 Å². The molecule has 0 fully saturated rings. The number of rotatable bonds is 4. The van der Waals surface area contributed by atoms with Crippen molar-refractivity contribution in [2.24, 2.45) is 9.98 Å². The number of amidine groups is 2. The molecule has 0 saturated heterocycles. The van der Waals surface area contributed by atoms with Crippen molar-refractivity contribution in [1.29, 1.82) is 0 Å². The van der Waals surface area contributed by atoms with Crippen molar-refractivity contribution < 1.29 is 0 Å². The molecule has 4 nitrogen and oxygen atoms in total. The molecule has 0 atom stereocenters. The van der Waals surface area contributed by atoms with Gasteiger partial charge in [-0.15, -0.1) is 0 Å². The van der Waals surface area contributed by atoms with Gasteiger partial charge in [0, 0.05) is 28.6 Å². The highest BCUT2D eigenvalue weighted by atomic mass is 32.2. The Kier molecular flexibility index (Phi) is 4.20. The van der Waals surface area contributed by atoms with Gasteiger partial charge in [-0.05, 0) is 41.5 Å². The van der Waals surface area contributed by atoms with E-state index in [1.807, 2.05) is 0 Å². The molecule has 2 N–H and O–H groups in total. The molecule has 0 radical (unpaired) electrons. The van der Waals surface area contributed by atoms with Crippen molar-refractivity contribution in [3.8, 4) is 0 Å². The fraction of sp³-hybridized carbons (Fsp3) is 0.120. The van der Waals surface area contributed by atoms with Crippen LogP contribution >= 0.6 is 11.8 Å². The molecule has 2 aliphatic heterocycles. The maximum absolute atomic E-state index is 4.85. The summed E-state index contributed by atoms with van der Waals surface area (Å²) in [5, 5.41) is 12.9. The van der Waals surface area contributed by atoms with E-state index in [0.29, 0.717) is 0 Å².